The van der Waals surface area contributed by atoms with Crippen LogP contribution in [-0.4, -0.2) is 17.9 Å². The van der Waals surface area contributed by atoms with Crippen LogP contribution in [0.4, 0.5) is 10.8 Å². The third-order valence-electron chi connectivity index (χ3n) is 6.21. The van der Waals surface area contributed by atoms with E-state index in [2.05, 4.69) is 46.7 Å². The highest BCUT2D eigenvalue weighted by Gasteiger charge is 2.22. The SMILES string of the molecule is COc1ccc2nc(Nc3ccc(-c4ccc(C(=O)C5CCCCC5)cc4)cc3)sc2c1. The number of hydrogen-bond donors (Lipinski definition) is 1. The molecule has 1 aromatic heterocycles. The summed E-state index contributed by atoms with van der Waals surface area (Å²) in [6, 6.07) is 22.3. The highest BCUT2D eigenvalue weighted by Crippen LogP contribution is 2.32. The number of Topliss-reactive ketones (excluding diaryl/α,β-unsaturated/α-hetero) is 1. The molecule has 0 aliphatic heterocycles. The van der Waals surface area contributed by atoms with Gasteiger partial charge in [-0.3, -0.25) is 4.79 Å². The van der Waals surface area contributed by atoms with E-state index in [1.54, 1.807) is 18.4 Å². The van der Waals surface area contributed by atoms with Crippen LogP contribution in [-0.2, 0) is 0 Å². The highest BCUT2D eigenvalue weighted by molar-refractivity contribution is 7.22. The Hall–Kier alpha value is -3.18. The van der Waals surface area contributed by atoms with Gasteiger partial charge in [0.15, 0.2) is 10.9 Å². The lowest BCUT2D eigenvalue weighted by molar-refractivity contribution is 0.0889. The fourth-order valence-corrected chi connectivity index (χ4v) is 5.30. The molecule has 0 bridgehead atoms. The molecule has 1 N–H and O–H groups in total. The Morgan fingerprint density at radius 3 is 2.31 bits per heavy atom. The van der Waals surface area contributed by atoms with Gasteiger partial charge in [0.25, 0.3) is 0 Å². The minimum absolute atomic E-state index is 0.212. The molecule has 1 saturated carbocycles. The first-order valence-electron chi connectivity index (χ1n) is 11.2. The molecule has 1 fully saturated rings. The summed E-state index contributed by atoms with van der Waals surface area (Å²) in [6.07, 6.45) is 5.70. The summed E-state index contributed by atoms with van der Waals surface area (Å²) in [4.78, 5) is 17.4. The van der Waals surface area contributed by atoms with E-state index < -0.39 is 0 Å². The number of carbonyl (C=O) groups is 1. The first kappa shape index (κ1) is 20.7. The third kappa shape index (κ3) is 4.39. The average molecular weight is 443 g/mol. The molecule has 32 heavy (non-hydrogen) atoms. The number of methoxy groups -OCH3 is 1. The maximum absolute atomic E-state index is 12.7. The van der Waals surface area contributed by atoms with Gasteiger partial charge in [-0.2, -0.15) is 0 Å². The van der Waals surface area contributed by atoms with Crippen molar-refractivity contribution in [3.8, 4) is 16.9 Å². The van der Waals surface area contributed by atoms with Crippen LogP contribution < -0.4 is 10.1 Å². The highest BCUT2D eigenvalue weighted by atomic mass is 32.1. The van der Waals surface area contributed by atoms with Crippen molar-refractivity contribution < 1.29 is 9.53 Å². The van der Waals surface area contributed by atoms with Crippen molar-refractivity contribution in [3.63, 3.8) is 0 Å². The zero-order valence-corrected chi connectivity index (χ0v) is 19.0. The normalized spacial score (nSPS) is 14.4. The number of benzene rings is 3. The maximum Gasteiger partial charge on any atom is 0.188 e. The van der Waals surface area contributed by atoms with E-state index in [4.69, 9.17) is 4.74 Å². The summed E-state index contributed by atoms with van der Waals surface area (Å²) in [5, 5.41) is 4.25. The van der Waals surface area contributed by atoms with E-state index in [9.17, 15) is 4.79 Å². The van der Waals surface area contributed by atoms with Crippen molar-refractivity contribution >= 4 is 38.2 Å². The fourth-order valence-electron chi connectivity index (χ4n) is 4.38. The smallest absolute Gasteiger partial charge is 0.188 e. The molecule has 0 saturated heterocycles. The molecule has 0 atom stereocenters. The fraction of sp³-hybridized carbons (Fsp3) is 0.259. The molecule has 4 nitrogen and oxygen atoms in total. The average Bonchev–Trinajstić information content (AvgIpc) is 3.26. The van der Waals surface area contributed by atoms with Gasteiger partial charge in [0.2, 0.25) is 0 Å². The van der Waals surface area contributed by atoms with E-state index in [1.807, 2.05) is 30.3 Å². The number of rotatable bonds is 6. The Bertz CT molecular complexity index is 1220. The zero-order valence-electron chi connectivity index (χ0n) is 18.1. The predicted molar refractivity (Wildman–Crippen MR) is 132 cm³/mol. The second-order valence-corrected chi connectivity index (χ2v) is 9.36. The number of fused-ring (bicyclic) bond motifs is 1. The summed E-state index contributed by atoms with van der Waals surface area (Å²) in [7, 11) is 1.67. The molecular weight excluding hydrogens is 416 g/mol. The van der Waals surface area contributed by atoms with Crippen molar-refractivity contribution in [1.82, 2.24) is 4.98 Å². The second kappa shape index (κ2) is 9.13. The Morgan fingerprint density at radius 1 is 0.938 bits per heavy atom. The molecule has 0 amide bonds. The Morgan fingerprint density at radius 2 is 1.62 bits per heavy atom. The number of carbonyl (C=O) groups excluding carboxylic acids is 1. The van der Waals surface area contributed by atoms with Gasteiger partial charge >= 0.3 is 0 Å². The minimum Gasteiger partial charge on any atom is -0.497 e. The van der Waals surface area contributed by atoms with E-state index in [1.165, 1.54) is 19.3 Å². The summed E-state index contributed by atoms with van der Waals surface area (Å²) in [5.74, 6) is 1.36. The number of anilines is 2. The van der Waals surface area contributed by atoms with Crippen molar-refractivity contribution in [2.75, 3.05) is 12.4 Å². The van der Waals surface area contributed by atoms with Gasteiger partial charge in [0, 0.05) is 17.2 Å². The van der Waals surface area contributed by atoms with Crippen LogP contribution >= 0.6 is 11.3 Å². The standard InChI is InChI=1S/C27H26N2O2S/c1-31-23-15-16-24-25(17-23)32-27(29-24)28-22-13-11-19(12-14-22)18-7-9-21(10-8-18)26(30)20-5-3-2-4-6-20/h7-17,20H,2-6H2,1H3,(H,28,29). The van der Waals surface area contributed by atoms with Crippen molar-refractivity contribution in [3.05, 3.63) is 72.3 Å². The summed E-state index contributed by atoms with van der Waals surface area (Å²) in [6.45, 7) is 0. The van der Waals surface area contributed by atoms with Gasteiger partial charge in [-0.05, 0) is 54.3 Å². The van der Waals surface area contributed by atoms with Gasteiger partial charge in [-0.15, -0.1) is 0 Å². The first-order valence-corrected chi connectivity index (χ1v) is 12.0. The summed E-state index contributed by atoms with van der Waals surface area (Å²) < 4.78 is 6.39. The molecule has 162 valence electrons. The van der Waals surface area contributed by atoms with Crippen LogP contribution in [0.1, 0.15) is 42.5 Å². The van der Waals surface area contributed by atoms with Crippen LogP contribution in [0.2, 0.25) is 0 Å². The van der Waals surface area contributed by atoms with Gasteiger partial charge < -0.3 is 10.1 Å². The van der Waals surface area contributed by atoms with Crippen LogP contribution in [0, 0.1) is 5.92 Å². The predicted octanol–water partition coefficient (Wildman–Crippen LogP) is 7.48. The number of hydrogen-bond acceptors (Lipinski definition) is 5. The minimum atomic E-state index is 0.212. The van der Waals surface area contributed by atoms with Gasteiger partial charge in [0.05, 0.1) is 17.3 Å². The summed E-state index contributed by atoms with van der Waals surface area (Å²) >= 11 is 1.60. The first-order chi connectivity index (χ1) is 15.7. The van der Waals surface area contributed by atoms with Crippen LogP contribution in [0.15, 0.2) is 66.7 Å². The molecule has 1 heterocycles. The van der Waals surface area contributed by atoms with Gasteiger partial charge in [-0.25, -0.2) is 4.98 Å². The maximum atomic E-state index is 12.7. The molecular formula is C27H26N2O2S. The molecule has 5 rings (SSSR count). The molecule has 4 aromatic rings. The molecule has 0 unspecified atom stereocenters. The van der Waals surface area contributed by atoms with E-state index in [0.717, 1.165) is 56.3 Å². The molecule has 3 aromatic carbocycles. The van der Waals surface area contributed by atoms with Crippen LogP contribution in [0.5, 0.6) is 5.75 Å². The van der Waals surface area contributed by atoms with E-state index in [0.29, 0.717) is 5.78 Å². The number of ether oxygens (including phenoxy) is 1. The van der Waals surface area contributed by atoms with Crippen molar-refractivity contribution in [1.29, 1.82) is 0 Å². The van der Waals surface area contributed by atoms with Crippen LogP contribution in [0.3, 0.4) is 0 Å². The Labute approximate surface area is 192 Å². The molecule has 0 spiro atoms. The van der Waals surface area contributed by atoms with Crippen molar-refractivity contribution in [2.45, 2.75) is 32.1 Å². The number of ketones is 1. The van der Waals surface area contributed by atoms with Crippen LogP contribution in [0.25, 0.3) is 21.3 Å². The van der Waals surface area contributed by atoms with Gasteiger partial charge in [-0.1, -0.05) is 67.0 Å². The lowest BCUT2D eigenvalue weighted by Crippen LogP contribution is -2.17. The lowest BCUT2D eigenvalue weighted by Gasteiger charge is -2.20. The van der Waals surface area contributed by atoms with E-state index in [-0.39, 0.29) is 5.92 Å². The molecule has 1 aliphatic rings. The molecule has 1 aliphatic carbocycles. The Kier molecular flexibility index (Phi) is 5.91. The van der Waals surface area contributed by atoms with Gasteiger partial charge in [0.1, 0.15) is 5.75 Å². The number of aromatic nitrogens is 1. The van der Waals surface area contributed by atoms with E-state index >= 15 is 0 Å². The number of nitrogens with one attached hydrogen (secondary N) is 1. The third-order valence-corrected chi connectivity index (χ3v) is 7.14. The van der Waals surface area contributed by atoms with Crippen molar-refractivity contribution in [2.24, 2.45) is 5.92 Å². The quantitative estimate of drug-likeness (QED) is 0.315. The Balaban J connectivity index is 1.27. The lowest BCUT2D eigenvalue weighted by atomic mass is 9.83. The number of thiazole rings is 1. The number of nitrogens with zero attached hydrogens (tertiary/aromatic N) is 1. The zero-order chi connectivity index (χ0) is 21.9. The molecule has 0 radical (unpaired) electrons. The second-order valence-electron chi connectivity index (χ2n) is 8.33. The largest absolute Gasteiger partial charge is 0.497 e. The topological polar surface area (TPSA) is 51.2 Å². The summed E-state index contributed by atoms with van der Waals surface area (Å²) in [5.41, 5.74) is 5.03. The monoisotopic (exact) mass is 442 g/mol. The molecule has 5 heteroatoms.